The summed E-state index contributed by atoms with van der Waals surface area (Å²) in [5.41, 5.74) is 0.372. The van der Waals surface area contributed by atoms with Crippen molar-refractivity contribution < 1.29 is 22.0 Å². The maximum atomic E-state index is 12.3. The molecule has 20 heavy (non-hydrogen) atoms. The van der Waals surface area contributed by atoms with Gasteiger partial charge in [0.2, 0.25) is 15.7 Å². The average Bonchev–Trinajstić information content (AvgIpc) is 2.93. The lowest BCUT2D eigenvalue weighted by molar-refractivity contribution is -0.117. The second-order valence-corrected chi connectivity index (χ2v) is 6.39. The van der Waals surface area contributed by atoms with Crippen LogP contribution in [0.5, 0.6) is 0 Å². The highest BCUT2D eigenvalue weighted by Crippen LogP contribution is 2.20. The monoisotopic (exact) mass is 304 g/mol. The summed E-state index contributed by atoms with van der Waals surface area (Å²) in [5, 5.41) is 5.63. The van der Waals surface area contributed by atoms with E-state index in [1.165, 1.54) is 12.1 Å². The van der Waals surface area contributed by atoms with Crippen LogP contribution in [0.15, 0.2) is 29.2 Å². The van der Waals surface area contributed by atoms with Crippen LogP contribution in [0.25, 0.3) is 0 Å². The molecule has 0 unspecified atom stereocenters. The third-order valence-electron chi connectivity index (χ3n) is 3.06. The molecule has 0 aromatic heterocycles. The van der Waals surface area contributed by atoms with Crippen molar-refractivity contribution in [3.05, 3.63) is 24.3 Å². The van der Waals surface area contributed by atoms with Gasteiger partial charge in [-0.1, -0.05) is 0 Å². The number of hydrogen-bond donors (Lipinski definition) is 2. The molecule has 1 atom stereocenters. The Bertz CT molecular complexity index is 581. The maximum absolute atomic E-state index is 12.3. The van der Waals surface area contributed by atoms with E-state index < -0.39 is 20.5 Å². The Morgan fingerprint density at radius 2 is 1.95 bits per heavy atom. The van der Waals surface area contributed by atoms with Crippen LogP contribution in [0.3, 0.4) is 0 Å². The van der Waals surface area contributed by atoms with Crippen LogP contribution in [-0.4, -0.2) is 32.7 Å². The van der Waals surface area contributed by atoms with E-state index in [2.05, 4.69) is 10.6 Å². The van der Waals surface area contributed by atoms with E-state index in [9.17, 15) is 22.0 Å². The lowest BCUT2D eigenvalue weighted by Gasteiger charge is -2.11. The van der Waals surface area contributed by atoms with E-state index in [4.69, 9.17) is 0 Å². The fourth-order valence-corrected chi connectivity index (χ4v) is 2.69. The van der Waals surface area contributed by atoms with Crippen LogP contribution in [0.4, 0.5) is 14.5 Å². The second-order valence-electron chi connectivity index (χ2n) is 4.47. The zero-order valence-corrected chi connectivity index (χ0v) is 11.3. The van der Waals surface area contributed by atoms with Crippen molar-refractivity contribution in [1.29, 1.82) is 0 Å². The normalized spacial score (nSPS) is 19.2. The smallest absolute Gasteiger partial charge is 0.325 e. The van der Waals surface area contributed by atoms with Crippen molar-refractivity contribution >= 4 is 21.4 Å². The van der Waals surface area contributed by atoms with E-state index in [1.54, 1.807) is 0 Å². The standard InChI is InChI=1S/C12H14F2N2O3S/c13-12(14)20(18,19)9-5-3-8(4-6-9)16-11(17)10-2-1-7-15-10/h3-6,10,12,15H,1-2,7H2,(H,16,17)/t10-/m0/s1. The molecule has 5 nitrogen and oxygen atoms in total. The maximum Gasteiger partial charge on any atom is 0.341 e. The van der Waals surface area contributed by atoms with Gasteiger partial charge in [0, 0.05) is 5.69 Å². The summed E-state index contributed by atoms with van der Waals surface area (Å²) >= 11 is 0. The first-order valence-electron chi connectivity index (χ1n) is 6.07. The average molecular weight is 304 g/mol. The Kier molecular flexibility index (Phi) is 4.34. The lowest BCUT2D eigenvalue weighted by atomic mass is 10.2. The van der Waals surface area contributed by atoms with Crippen LogP contribution >= 0.6 is 0 Å². The molecule has 2 N–H and O–H groups in total. The molecule has 1 aliphatic rings. The Hall–Kier alpha value is -1.54. The molecule has 2 rings (SSSR count). The van der Waals surface area contributed by atoms with Crippen LogP contribution in [-0.2, 0) is 14.6 Å². The van der Waals surface area contributed by atoms with Crippen LogP contribution < -0.4 is 10.6 Å². The van der Waals surface area contributed by atoms with Gasteiger partial charge in [0.25, 0.3) is 0 Å². The molecule has 1 aliphatic heterocycles. The number of sulfone groups is 1. The fraction of sp³-hybridized carbons (Fsp3) is 0.417. The van der Waals surface area contributed by atoms with E-state index in [-0.39, 0.29) is 11.9 Å². The number of anilines is 1. The number of carbonyl (C=O) groups is 1. The molecule has 0 aliphatic carbocycles. The molecule has 0 spiro atoms. The number of alkyl halides is 2. The lowest BCUT2D eigenvalue weighted by Crippen LogP contribution is -2.35. The zero-order chi connectivity index (χ0) is 14.8. The highest BCUT2D eigenvalue weighted by Gasteiger charge is 2.26. The van der Waals surface area contributed by atoms with Crippen LogP contribution in [0, 0.1) is 0 Å². The van der Waals surface area contributed by atoms with Gasteiger partial charge in [0.1, 0.15) is 0 Å². The second kappa shape index (κ2) is 5.84. The largest absolute Gasteiger partial charge is 0.341 e. The highest BCUT2D eigenvalue weighted by atomic mass is 32.2. The fourth-order valence-electron chi connectivity index (χ4n) is 1.97. The first-order valence-corrected chi connectivity index (χ1v) is 7.62. The van der Waals surface area contributed by atoms with E-state index in [0.29, 0.717) is 5.69 Å². The first-order chi connectivity index (χ1) is 9.41. The summed E-state index contributed by atoms with van der Waals surface area (Å²) in [4.78, 5) is 11.3. The van der Waals surface area contributed by atoms with Crippen molar-refractivity contribution in [2.24, 2.45) is 0 Å². The minimum absolute atomic E-state index is 0.216. The number of benzene rings is 1. The van der Waals surface area contributed by atoms with Gasteiger partial charge in [0.15, 0.2) is 0 Å². The molecule has 8 heteroatoms. The van der Waals surface area contributed by atoms with Crippen LogP contribution in [0.2, 0.25) is 0 Å². The van der Waals surface area contributed by atoms with Crippen molar-refractivity contribution in [2.45, 2.75) is 29.5 Å². The number of amides is 1. The van der Waals surface area contributed by atoms with Gasteiger partial charge >= 0.3 is 5.76 Å². The highest BCUT2D eigenvalue weighted by molar-refractivity contribution is 7.91. The molecule has 0 bridgehead atoms. The molecule has 0 saturated carbocycles. The predicted molar refractivity (Wildman–Crippen MR) is 69.3 cm³/mol. The molecular weight excluding hydrogens is 290 g/mol. The van der Waals surface area contributed by atoms with Gasteiger partial charge in [0.05, 0.1) is 10.9 Å². The summed E-state index contributed by atoms with van der Waals surface area (Å²) in [7, 11) is -4.60. The molecule has 1 fully saturated rings. The molecule has 0 radical (unpaired) electrons. The predicted octanol–water partition coefficient (Wildman–Crippen LogP) is 1.37. The van der Waals surface area contributed by atoms with Crippen molar-refractivity contribution in [3.8, 4) is 0 Å². The number of halogens is 2. The van der Waals surface area contributed by atoms with E-state index >= 15 is 0 Å². The summed E-state index contributed by atoms with van der Waals surface area (Å²) in [6.07, 6.45) is 1.66. The molecule has 1 aromatic rings. The molecule has 1 aromatic carbocycles. The summed E-state index contributed by atoms with van der Waals surface area (Å²) in [5.74, 6) is -3.67. The third kappa shape index (κ3) is 3.13. The molecule has 1 saturated heterocycles. The minimum Gasteiger partial charge on any atom is -0.325 e. The Morgan fingerprint density at radius 3 is 2.45 bits per heavy atom. The summed E-state index contributed by atoms with van der Waals surface area (Å²) in [6.45, 7) is 0.781. The molecule has 110 valence electrons. The molecule has 1 heterocycles. The van der Waals surface area contributed by atoms with Gasteiger partial charge in [-0.2, -0.15) is 8.78 Å². The first kappa shape index (κ1) is 14.9. The summed E-state index contributed by atoms with van der Waals surface area (Å²) in [6, 6.07) is 4.43. The van der Waals surface area contributed by atoms with Gasteiger partial charge in [-0.25, -0.2) is 8.42 Å². The number of nitrogens with one attached hydrogen (secondary N) is 2. The molecule has 1 amide bonds. The Balaban J connectivity index is 2.07. The van der Waals surface area contributed by atoms with E-state index in [1.807, 2.05) is 0 Å². The quantitative estimate of drug-likeness (QED) is 0.881. The number of carbonyl (C=O) groups excluding carboxylic acids is 1. The van der Waals surface area contributed by atoms with Crippen molar-refractivity contribution in [2.75, 3.05) is 11.9 Å². The topological polar surface area (TPSA) is 75.3 Å². The van der Waals surface area contributed by atoms with Crippen molar-refractivity contribution in [1.82, 2.24) is 5.32 Å². The van der Waals surface area contributed by atoms with Gasteiger partial charge in [-0.15, -0.1) is 0 Å². The summed E-state index contributed by atoms with van der Waals surface area (Å²) < 4.78 is 47.1. The van der Waals surface area contributed by atoms with Crippen LogP contribution in [0.1, 0.15) is 12.8 Å². The van der Waals surface area contributed by atoms with Crippen molar-refractivity contribution in [3.63, 3.8) is 0 Å². The Morgan fingerprint density at radius 1 is 1.30 bits per heavy atom. The number of rotatable bonds is 4. The number of hydrogen-bond acceptors (Lipinski definition) is 4. The van der Waals surface area contributed by atoms with Gasteiger partial charge in [-0.3, -0.25) is 4.79 Å². The minimum atomic E-state index is -4.60. The SMILES string of the molecule is O=C(Nc1ccc(S(=O)(=O)C(F)F)cc1)[C@@H]1CCCN1. The third-order valence-corrected chi connectivity index (χ3v) is 4.46. The Labute approximate surface area is 115 Å². The van der Waals surface area contributed by atoms with E-state index in [0.717, 1.165) is 31.5 Å². The molecular formula is C12H14F2N2O3S. The van der Waals surface area contributed by atoms with Gasteiger partial charge < -0.3 is 10.6 Å². The zero-order valence-electron chi connectivity index (χ0n) is 10.5. The van der Waals surface area contributed by atoms with Gasteiger partial charge in [-0.05, 0) is 43.7 Å².